The van der Waals surface area contributed by atoms with Crippen LogP contribution in [0.15, 0.2) is 0 Å². The van der Waals surface area contributed by atoms with Crippen LogP contribution in [0.4, 0.5) is 0 Å². The highest BCUT2D eigenvalue weighted by atomic mass is 16.6. The van der Waals surface area contributed by atoms with Crippen LogP contribution in [0.1, 0.15) is 40.0 Å². The van der Waals surface area contributed by atoms with Gasteiger partial charge in [-0.2, -0.15) is 0 Å². The molecule has 23 heavy (non-hydrogen) atoms. The van der Waals surface area contributed by atoms with Gasteiger partial charge in [-0.1, -0.05) is 13.8 Å². The molecule has 0 fully saturated rings. The Kier molecular flexibility index (Phi) is 11.5. The highest BCUT2D eigenvalue weighted by Crippen LogP contribution is 2.32. The van der Waals surface area contributed by atoms with Gasteiger partial charge in [-0.05, 0) is 12.8 Å². The Hall–Kier alpha value is -1.25. The quantitative estimate of drug-likeness (QED) is 0.278. The van der Waals surface area contributed by atoms with Crippen molar-refractivity contribution in [3.8, 4) is 0 Å². The van der Waals surface area contributed by atoms with Crippen molar-refractivity contribution in [2.24, 2.45) is 11.1 Å². The average Bonchev–Trinajstić information content (AvgIpc) is 2.54. The first-order valence-corrected chi connectivity index (χ1v) is 8.13. The number of carbonyl (C=O) groups is 1. The summed E-state index contributed by atoms with van der Waals surface area (Å²) in [6.07, 6.45) is 1.43. The van der Waals surface area contributed by atoms with E-state index in [1.54, 1.807) is 6.92 Å². The highest BCUT2D eigenvalue weighted by Gasteiger charge is 2.37. The molecule has 0 spiro atoms. The standard InChI is InChI=1S/C15H31N3O5/c1-4-15(3,13(2)18(20)21)6-5-14(19)17-8-10-23-12-11-22-9-7-16/h13H,4-12,16H2,1-3H3,(H,17,19). The molecular formula is C15H31N3O5. The monoisotopic (exact) mass is 333 g/mol. The van der Waals surface area contributed by atoms with E-state index >= 15 is 0 Å². The molecule has 0 aliphatic carbocycles. The Morgan fingerprint density at radius 2 is 1.91 bits per heavy atom. The van der Waals surface area contributed by atoms with Gasteiger partial charge in [0, 0.05) is 36.8 Å². The first kappa shape index (κ1) is 21.8. The number of rotatable bonds is 14. The number of nitrogens with two attached hydrogens (primary N) is 1. The fourth-order valence-electron chi connectivity index (χ4n) is 2.09. The molecule has 0 rings (SSSR count). The van der Waals surface area contributed by atoms with E-state index in [0.29, 0.717) is 52.4 Å². The van der Waals surface area contributed by atoms with Crippen molar-refractivity contribution in [2.45, 2.75) is 46.1 Å². The van der Waals surface area contributed by atoms with Gasteiger partial charge in [0.05, 0.1) is 26.4 Å². The molecule has 0 heterocycles. The first-order valence-electron chi connectivity index (χ1n) is 8.13. The zero-order valence-corrected chi connectivity index (χ0v) is 14.5. The van der Waals surface area contributed by atoms with E-state index in [0.717, 1.165) is 0 Å². The fourth-order valence-corrected chi connectivity index (χ4v) is 2.09. The van der Waals surface area contributed by atoms with E-state index in [2.05, 4.69) is 5.32 Å². The summed E-state index contributed by atoms with van der Waals surface area (Å²) in [5.74, 6) is -0.108. The Labute approximate surface area is 138 Å². The summed E-state index contributed by atoms with van der Waals surface area (Å²) >= 11 is 0. The second-order valence-electron chi connectivity index (χ2n) is 5.83. The van der Waals surface area contributed by atoms with E-state index in [4.69, 9.17) is 15.2 Å². The summed E-state index contributed by atoms with van der Waals surface area (Å²) in [5.41, 5.74) is 4.80. The molecule has 1 amide bonds. The Morgan fingerprint density at radius 1 is 1.30 bits per heavy atom. The second kappa shape index (κ2) is 12.2. The number of hydrogen-bond acceptors (Lipinski definition) is 6. The lowest BCUT2D eigenvalue weighted by molar-refractivity contribution is -0.537. The molecule has 0 aliphatic heterocycles. The topological polar surface area (TPSA) is 117 Å². The molecule has 3 N–H and O–H groups in total. The predicted molar refractivity (Wildman–Crippen MR) is 87.8 cm³/mol. The molecule has 136 valence electrons. The summed E-state index contributed by atoms with van der Waals surface area (Å²) in [7, 11) is 0. The molecule has 0 aromatic rings. The molecule has 2 atom stereocenters. The maximum atomic E-state index is 11.8. The van der Waals surface area contributed by atoms with Crippen molar-refractivity contribution < 1.29 is 19.2 Å². The minimum Gasteiger partial charge on any atom is -0.378 e. The van der Waals surface area contributed by atoms with Gasteiger partial charge in [0.25, 0.3) is 0 Å². The molecule has 0 radical (unpaired) electrons. The molecule has 0 aliphatic rings. The number of amides is 1. The van der Waals surface area contributed by atoms with E-state index in [1.807, 2.05) is 13.8 Å². The number of nitrogens with zero attached hydrogens (tertiary/aromatic N) is 1. The summed E-state index contributed by atoms with van der Waals surface area (Å²) in [6, 6.07) is -0.669. The maximum Gasteiger partial charge on any atom is 0.220 e. The molecule has 0 saturated carbocycles. The van der Waals surface area contributed by atoms with E-state index < -0.39 is 11.5 Å². The summed E-state index contributed by atoms with van der Waals surface area (Å²) in [6.45, 7) is 8.15. The third-order valence-corrected chi connectivity index (χ3v) is 4.26. The van der Waals surface area contributed by atoms with Crippen LogP contribution in [0.3, 0.4) is 0 Å². The van der Waals surface area contributed by atoms with Crippen molar-refractivity contribution in [3.05, 3.63) is 10.1 Å². The fraction of sp³-hybridized carbons (Fsp3) is 0.933. The van der Waals surface area contributed by atoms with Gasteiger partial charge in [0.15, 0.2) is 0 Å². The minimum absolute atomic E-state index is 0.108. The van der Waals surface area contributed by atoms with Crippen LogP contribution in [0, 0.1) is 15.5 Å². The largest absolute Gasteiger partial charge is 0.378 e. The number of ether oxygens (including phenoxy) is 2. The first-order chi connectivity index (χ1) is 10.9. The third-order valence-electron chi connectivity index (χ3n) is 4.26. The van der Waals surface area contributed by atoms with Crippen molar-refractivity contribution in [3.63, 3.8) is 0 Å². The lowest BCUT2D eigenvalue weighted by Gasteiger charge is -2.28. The van der Waals surface area contributed by atoms with Crippen LogP contribution in [0.5, 0.6) is 0 Å². The van der Waals surface area contributed by atoms with Crippen LogP contribution >= 0.6 is 0 Å². The Bertz CT molecular complexity index is 354. The predicted octanol–water partition coefficient (Wildman–Crippen LogP) is 0.956. The Balaban J connectivity index is 3.83. The van der Waals surface area contributed by atoms with Crippen molar-refractivity contribution in [1.82, 2.24) is 5.32 Å². The molecule has 0 saturated heterocycles. The van der Waals surface area contributed by atoms with Crippen molar-refractivity contribution >= 4 is 5.91 Å². The SMILES string of the molecule is CCC(C)(CCC(=O)NCCOCCOCCN)C(C)[N+](=O)[O-]. The number of nitrogens with one attached hydrogen (secondary N) is 1. The van der Waals surface area contributed by atoms with Crippen LogP contribution in [0.2, 0.25) is 0 Å². The zero-order valence-electron chi connectivity index (χ0n) is 14.5. The van der Waals surface area contributed by atoms with Gasteiger partial charge in [-0.15, -0.1) is 0 Å². The van der Waals surface area contributed by atoms with Crippen molar-refractivity contribution in [2.75, 3.05) is 39.5 Å². The Morgan fingerprint density at radius 3 is 2.43 bits per heavy atom. The average molecular weight is 333 g/mol. The molecule has 8 heteroatoms. The highest BCUT2D eigenvalue weighted by molar-refractivity contribution is 5.75. The molecular weight excluding hydrogens is 302 g/mol. The van der Waals surface area contributed by atoms with Crippen LogP contribution < -0.4 is 11.1 Å². The maximum absolute atomic E-state index is 11.8. The zero-order chi connectivity index (χ0) is 17.7. The van der Waals surface area contributed by atoms with Crippen LogP contribution in [-0.2, 0) is 14.3 Å². The number of carbonyl (C=O) groups excluding carboxylic acids is 1. The molecule has 0 bridgehead atoms. The molecule has 2 unspecified atom stereocenters. The molecule has 8 nitrogen and oxygen atoms in total. The summed E-state index contributed by atoms with van der Waals surface area (Å²) in [4.78, 5) is 22.5. The number of hydrogen-bond donors (Lipinski definition) is 2. The van der Waals surface area contributed by atoms with Gasteiger partial charge < -0.3 is 20.5 Å². The molecule has 0 aromatic carbocycles. The lowest BCUT2D eigenvalue weighted by Crippen LogP contribution is -2.37. The minimum atomic E-state index is -0.669. The van der Waals surface area contributed by atoms with E-state index in [1.165, 1.54) is 0 Å². The second-order valence-corrected chi connectivity index (χ2v) is 5.83. The smallest absolute Gasteiger partial charge is 0.220 e. The van der Waals surface area contributed by atoms with Crippen molar-refractivity contribution in [1.29, 1.82) is 0 Å². The van der Waals surface area contributed by atoms with Crippen LogP contribution in [0.25, 0.3) is 0 Å². The third kappa shape index (κ3) is 9.47. The van der Waals surface area contributed by atoms with Crippen LogP contribution in [-0.4, -0.2) is 56.4 Å². The van der Waals surface area contributed by atoms with Gasteiger partial charge >= 0.3 is 0 Å². The van der Waals surface area contributed by atoms with E-state index in [9.17, 15) is 14.9 Å². The van der Waals surface area contributed by atoms with Gasteiger partial charge in [0.2, 0.25) is 11.9 Å². The summed E-state index contributed by atoms with van der Waals surface area (Å²) < 4.78 is 10.4. The molecule has 0 aromatic heterocycles. The number of nitro groups is 1. The van der Waals surface area contributed by atoms with Gasteiger partial charge in [-0.25, -0.2) is 0 Å². The summed E-state index contributed by atoms with van der Waals surface area (Å²) in [5, 5.41) is 13.7. The van der Waals surface area contributed by atoms with Gasteiger partial charge in [0.1, 0.15) is 0 Å². The normalized spacial score (nSPS) is 15.0. The van der Waals surface area contributed by atoms with E-state index in [-0.39, 0.29) is 17.3 Å². The lowest BCUT2D eigenvalue weighted by atomic mass is 9.77. The van der Waals surface area contributed by atoms with Gasteiger partial charge in [-0.3, -0.25) is 14.9 Å².